The van der Waals surface area contributed by atoms with Crippen molar-refractivity contribution in [2.24, 2.45) is 5.10 Å². The molecule has 0 aliphatic carbocycles. The molecule has 0 saturated carbocycles. The molecule has 24 heavy (non-hydrogen) atoms. The Balaban J connectivity index is 1.72. The molecule has 0 bridgehead atoms. The number of halogens is 2. The van der Waals surface area contributed by atoms with Crippen molar-refractivity contribution >= 4 is 46.3 Å². The van der Waals surface area contributed by atoms with Crippen molar-refractivity contribution in [3.05, 3.63) is 52.1 Å². The van der Waals surface area contributed by atoms with E-state index in [4.69, 9.17) is 23.2 Å². The summed E-state index contributed by atoms with van der Waals surface area (Å²) in [6.45, 7) is 2.67. The Hall–Kier alpha value is -2.11. The van der Waals surface area contributed by atoms with Crippen molar-refractivity contribution in [2.45, 2.75) is 19.8 Å². The molecule has 0 atom stereocenters. The second-order valence-corrected chi connectivity index (χ2v) is 6.33. The second kappa shape index (κ2) is 7.20. The molecule has 1 fully saturated rings. The number of hydrazone groups is 1. The van der Waals surface area contributed by atoms with E-state index in [1.54, 1.807) is 6.07 Å². The van der Waals surface area contributed by atoms with Crippen LogP contribution in [-0.4, -0.2) is 23.1 Å². The minimum absolute atomic E-state index is 0.179. The van der Waals surface area contributed by atoms with Crippen LogP contribution in [0.2, 0.25) is 10.0 Å². The normalized spacial score (nSPS) is 15.0. The van der Waals surface area contributed by atoms with Crippen molar-refractivity contribution in [3.63, 3.8) is 0 Å². The summed E-state index contributed by atoms with van der Waals surface area (Å²) in [6.07, 6.45) is 3.04. The van der Waals surface area contributed by atoms with E-state index in [-0.39, 0.29) is 5.91 Å². The molecule has 2 aromatic rings. The van der Waals surface area contributed by atoms with Gasteiger partial charge in [-0.2, -0.15) is 5.10 Å². The van der Waals surface area contributed by atoms with Crippen LogP contribution in [0.5, 0.6) is 0 Å². The first-order valence-electron chi connectivity index (χ1n) is 7.57. The van der Waals surface area contributed by atoms with Gasteiger partial charge < -0.3 is 4.90 Å². The van der Waals surface area contributed by atoms with E-state index in [1.807, 2.05) is 36.1 Å². The lowest BCUT2D eigenvalue weighted by Crippen LogP contribution is -2.23. The third kappa shape index (κ3) is 3.68. The van der Waals surface area contributed by atoms with Gasteiger partial charge in [0.05, 0.1) is 15.8 Å². The molecule has 1 N–H and O–H groups in total. The van der Waals surface area contributed by atoms with Gasteiger partial charge in [-0.25, -0.2) is 4.98 Å². The highest BCUT2D eigenvalue weighted by atomic mass is 35.5. The number of hydrogen-bond donors (Lipinski definition) is 1. The number of carbonyl (C=O) groups excluding carboxylic acids is 1. The van der Waals surface area contributed by atoms with Crippen LogP contribution in [0.25, 0.3) is 0 Å². The average Bonchev–Trinajstić information content (AvgIpc) is 3.00. The van der Waals surface area contributed by atoms with Gasteiger partial charge in [0.15, 0.2) is 5.82 Å². The van der Waals surface area contributed by atoms with E-state index in [9.17, 15) is 4.79 Å². The highest BCUT2D eigenvalue weighted by Crippen LogP contribution is 2.23. The van der Waals surface area contributed by atoms with Crippen molar-refractivity contribution < 1.29 is 4.79 Å². The lowest BCUT2D eigenvalue weighted by Gasteiger charge is -2.15. The Morgan fingerprint density at radius 1 is 1.29 bits per heavy atom. The maximum absolute atomic E-state index is 11.8. The summed E-state index contributed by atoms with van der Waals surface area (Å²) in [5.74, 6) is 0.623. The van der Waals surface area contributed by atoms with E-state index in [0.29, 0.717) is 22.3 Å². The number of carbonyl (C=O) groups is 1. The molecule has 1 aliphatic rings. The number of anilines is 2. The fourth-order valence-electron chi connectivity index (χ4n) is 2.50. The van der Waals surface area contributed by atoms with E-state index in [0.717, 1.165) is 29.9 Å². The summed E-state index contributed by atoms with van der Waals surface area (Å²) in [5.41, 5.74) is 5.48. The minimum atomic E-state index is 0.179. The predicted molar refractivity (Wildman–Crippen MR) is 98.1 cm³/mol. The summed E-state index contributed by atoms with van der Waals surface area (Å²) in [6, 6.07) is 9.36. The molecule has 124 valence electrons. The van der Waals surface area contributed by atoms with Crippen LogP contribution in [0.15, 0.2) is 41.6 Å². The molecule has 7 heteroatoms. The van der Waals surface area contributed by atoms with Crippen molar-refractivity contribution in [1.82, 2.24) is 4.98 Å². The maximum Gasteiger partial charge on any atom is 0.227 e. The molecular weight excluding hydrogens is 347 g/mol. The molecule has 0 radical (unpaired) electrons. The third-order valence-electron chi connectivity index (χ3n) is 3.81. The molecule has 1 amide bonds. The van der Waals surface area contributed by atoms with Gasteiger partial charge in [0, 0.05) is 24.8 Å². The fourth-order valence-corrected chi connectivity index (χ4v) is 2.92. The number of rotatable bonds is 4. The summed E-state index contributed by atoms with van der Waals surface area (Å²) in [5, 5.41) is 5.17. The average molecular weight is 363 g/mol. The fraction of sp³-hybridized carbons (Fsp3) is 0.235. The standard InChI is InChI=1S/C17H16Cl2N4O/c1-11(21-22-17-15(19)9-13(18)10-20-17)12-4-6-14(7-5-12)23-8-2-3-16(23)24/h4-7,9-10H,2-3,8H2,1H3,(H,20,22)/b21-11-. The topological polar surface area (TPSA) is 57.6 Å². The summed E-state index contributed by atoms with van der Waals surface area (Å²) in [7, 11) is 0. The van der Waals surface area contributed by atoms with E-state index >= 15 is 0 Å². The number of hydrogen-bond acceptors (Lipinski definition) is 4. The highest BCUT2D eigenvalue weighted by Gasteiger charge is 2.21. The summed E-state index contributed by atoms with van der Waals surface area (Å²) >= 11 is 11.9. The number of nitrogens with zero attached hydrogens (tertiary/aromatic N) is 3. The van der Waals surface area contributed by atoms with Crippen LogP contribution >= 0.6 is 23.2 Å². The molecule has 0 spiro atoms. The smallest absolute Gasteiger partial charge is 0.227 e. The van der Waals surface area contributed by atoms with Gasteiger partial charge in [-0.3, -0.25) is 10.2 Å². The predicted octanol–water partition coefficient (Wildman–Crippen LogP) is 4.35. The largest absolute Gasteiger partial charge is 0.312 e. The lowest BCUT2D eigenvalue weighted by molar-refractivity contribution is -0.117. The molecule has 1 aliphatic heterocycles. The first kappa shape index (κ1) is 16.7. The maximum atomic E-state index is 11.8. The third-order valence-corrected chi connectivity index (χ3v) is 4.30. The monoisotopic (exact) mass is 362 g/mol. The number of nitrogens with one attached hydrogen (secondary N) is 1. The molecule has 1 aromatic carbocycles. The van der Waals surface area contributed by atoms with E-state index in [2.05, 4.69) is 15.5 Å². The van der Waals surface area contributed by atoms with Crippen molar-refractivity contribution in [1.29, 1.82) is 0 Å². The van der Waals surface area contributed by atoms with Crippen LogP contribution in [-0.2, 0) is 4.79 Å². The Morgan fingerprint density at radius 2 is 2.04 bits per heavy atom. The number of pyridine rings is 1. The van der Waals surface area contributed by atoms with Gasteiger partial charge in [-0.05, 0) is 37.1 Å². The quantitative estimate of drug-likeness (QED) is 0.649. The van der Waals surface area contributed by atoms with Gasteiger partial charge in [-0.15, -0.1) is 0 Å². The van der Waals surface area contributed by atoms with Crippen LogP contribution in [0.1, 0.15) is 25.3 Å². The number of aromatic nitrogens is 1. The molecule has 0 unspecified atom stereocenters. The summed E-state index contributed by atoms with van der Waals surface area (Å²) in [4.78, 5) is 17.7. The summed E-state index contributed by atoms with van der Waals surface area (Å²) < 4.78 is 0. The van der Waals surface area contributed by atoms with Crippen LogP contribution in [0.3, 0.4) is 0 Å². The zero-order valence-corrected chi connectivity index (χ0v) is 14.6. The molecule has 3 rings (SSSR count). The van der Waals surface area contributed by atoms with E-state index in [1.165, 1.54) is 6.20 Å². The minimum Gasteiger partial charge on any atom is -0.312 e. The van der Waals surface area contributed by atoms with E-state index < -0.39 is 0 Å². The Morgan fingerprint density at radius 3 is 2.67 bits per heavy atom. The van der Waals surface area contributed by atoms with Crippen LogP contribution in [0, 0.1) is 0 Å². The molecular formula is C17H16Cl2N4O. The van der Waals surface area contributed by atoms with Gasteiger partial charge in [0.2, 0.25) is 5.91 Å². The number of benzene rings is 1. The van der Waals surface area contributed by atoms with Gasteiger partial charge in [-0.1, -0.05) is 35.3 Å². The zero-order chi connectivity index (χ0) is 17.1. The number of amides is 1. The lowest BCUT2D eigenvalue weighted by atomic mass is 10.1. The first-order valence-corrected chi connectivity index (χ1v) is 8.32. The van der Waals surface area contributed by atoms with Crippen LogP contribution in [0.4, 0.5) is 11.5 Å². The van der Waals surface area contributed by atoms with Crippen molar-refractivity contribution in [3.8, 4) is 0 Å². The van der Waals surface area contributed by atoms with Crippen LogP contribution < -0.4 is 10.3 Å². The molecule has 1 saturated heterocycles. The first-order chi connectivity index (χ1) is 11.5. The molecule has 2 heterocycles. The second-order valence-electron chi connectivity index (χ2n) is 5.49. The van der Waals surface area contributed by atoms with Gasteiger partial charge in [0.25, 0.3) is 0 Å². The molecule has 5 nitrogen and oxygen atoms in total. The Bertz CT molecular complexity index is 790. The van der Waals surface area contributed by atoms with Crippen molar-refractivity contribution in [2.75, 3.05) is 16.9 Å². The highest BCUT2D eigenvalue weighted by molar-refractivity contribution is 6.35. The molecule has 1 aromatic heterocycles. The Kier molecular flexibility index (Phi) is 5.02. The zero-order valence-electron chi connectivity index (χ0n) is 13.1. The van der Waals surface area contributed by atoms with Gasteiger partial charge >= 0.3 is 0 Å². The Labute approximate surface area is 150 Å². The SMILES string of the molecule is C/C(=N/Nc1ncc(Cl)cc1Cl)c1ccc(N2CCCC2=O)cc1. The van der Waals surface area contributed by atoms with Gasteiger partial charge in [0.1, 0.15) is 0 Å².